The number of sulfonamides is 1. The summed E-state index contributed by atoms with van der Waals surface area (Å²) in [4.78, 5) is 11.0. The standard InChI is InChI=1S/C11H13NO4S2/c1-8-7-9(17-10(8)11(13)14)18(15,16)12-5-3-2-4-6-12/h2-3,7H,4-6H2,1H3,(H,13,14). The molecular weight excluding hydrogens is 274 g/mol. The molecule has 1 aromatic rings. The number of aromatic carboxylic acids is 1. The van der Waals surface area contributed by atoms with Crippen LogP contribution in [0.1, 0.15) is 21.7 Å². The van der Waals surface area contributed by atoms with E-state index in [4.69, 9.17) is 5.11 Å². The van der Waals surface area contributed by atoms with Gasteiger partial charge in [0.05, 0.1) is 0 Å². The van der Waals surface area contributed by atoms with E-state index < -0.39 is 16.0 Å². The van der Waals surface area contributed by atoms with E-state index in [0.717, 1.165) is 11.3 Å². The lowest BCUT2D eigenvalue weighted by atomic mass is 10.3. The third-order valence-electron chi connectivity index (χ3n) is 2.70. The van der Waals surface area contributed by atoms with Crippen molar-refractivity contribution in [2.75, 3.05) is 13.1 Å². The van der Waals surface area contributed by atoms with Crippen molar-refractivity contribution in [2.24, 2.45) is 0 Å². The lowest BCUT2D eigenvalue weighted by molar-refractivity contribution is 0.0701. The maximum absolute atomic E-state index is 12.3. The summed E-state index contributed by atoms with van der Waals surface area (Å²) in [6, 6.07) is 1.43. The van der Waals surface area contributed by atoms with E-state index in [1.54, 1.807) is 13.0 Å². The van der Waals surface area contributed by atoms with Crippen molar-refractivity contribution in [3.8, 4) is 0 Å². The van der Waals surface area contributed by atoms with Crippen LogP contribution in [0.25, 0.3) is 0 Å². The van der Waals surface area contributed by atoms with Crippen LogP contribution >= 0.6 is 11.3 Å². The molecule has 0 radical (unpaired) electrons. The quantitative estimate of drug-likeness (QED) is 0.859. The predicted molar refractivity (Wildman–Crippen MR) is 68.5 cm³/mol. The smallest absolute Gasteiger partial charge is 0.346 e. The van der Waals surface area contributed by atoms with Gasteiger partial charge in [-0.25, -0.2) is 13.2 Å². The lowest BCUT2D eigenvalue weighted by Crippen LogP contribution is -2.33. The molecule has 1 aliphatic heterocycles. The van der Waals surface area contributed by atoms with Gasteiger partial charge in [-0.1, -0.05) is 12.2 Å². The highest BCUT2D eigenvalue weighted by Gasteiger charge is 2.28. The first-order valence-electron chi connectivity index (χ1n) is 5.42. The summed E-state index contributed by atoms with van der Waals surface area (Å²) < 4.78 is 26.0. The van der Waals surface area contributed by atoms with Gasteiger partial charge in [-0.3, -0.25) is 0 Å². The Morgan fingerprint density at radius 3 is 2.67 bits per heavy atom. The summed E-state index contributed by atoms with van der Waals surface area (Å²) in [5, 5.41) is 8.95. The molecule has 18 heavy (non-hydrogen) atoms. The molecule has 2 heterocycles. The molecule has 2 rings (SSSR count). The first-order chi connectivity index (χ1) is 8.43. The van der Waals surface area contributed by atoms with Gasteiger partial charge in [0.15, 0.2) is 0 Å². The molecule has 0 unspecified atom stereocenters. The number of thiophene rings is 1. The van der Waals surface area contributed by atoms with Crippen molar-refractivity contribution in [2.45, 2.75) is 17.6 Å². The molecule has 0 amide bonds. The molecule has 0 fully saturated rings. The van der Waals surface area contributed by atoms with Crippen LogP contribution in [0, 0.1) is 6.92 Å². The van der Waals surface area contributed by atoms with E-state index in [1.165, 1.54) is 10.4 Å². The molecule has 5 nitrogen and oxygen atoms in total. The highest BCUT2D eigenvalue weighted by molar-refractivity contribution is 7.91. The van der Waals surface area contributed by atoms with Gasteiger partial charge in [0.2, 0.25) is 0 Å². The second kappa shape index (κ2) is 4.83. The van der Waals surface area contributed by atoms with Crippen LogP contribution in [0.3, 0.4) is 0 Å². The maximum atomic E-state index is 12.3. The molecular formula is C11H13NO4S2. The van der Waals surface area contributed by atoms with Crippen molar-refractivity contribution in [1.82, 2.24) is 4.31 Å². The van der Waals surface area contributed by atoms with Gasteiger partial charge >= 0.3 is 5.97 Å². The third kappa shape index (κ3) is 2.33. The SMILES string of the molecule is Cc1cc(S(=O)(=O)N2CC=CCC2)sc1C(=O)O. The molecule has 1 aromatic heterocycles. The zero-order valence-corrected chi connectivity index (χ0v) is 11.4. The molecule has 98 valence electrons. The molecule has 0 bridgehead atoms. The lowest BCUT2D eigenvalue weighted by Gasteiger charge is -2.21. The number of carboxylic acid groups (broad SMARTS) is 1. The van der Waals surface area contributed by atoms with E-state index >= 15 is 0 Å². The number of hydrogen-bond acceptors (Lipinski definition) is 4. The normalized spacial score (nSPS) is 16.9. The first-order valence-corrected chi connectivity index (χ1v) is 7.67. The summed E-state index contributed by atoms with van der Waals surface area (Å²) in [7, 11) is -3.56. The number of aryl methyl sites for hydroxylation is 1. The molecule has 1 aliphatic rings. The summed E-state index contributed by atoms with van der Waals surface area (Å²) in [6.45, 7) is 2.40. The molecule has 0 saturated heterocycles. The highest BCUT2D eigenvalue weighted by atomic mass is 32.2. The van der Waals surface area contributed by atoms with Gasteiger partial charge in [-0.15, -0.1) is 11.3 Å². The maximum Gasteiger partial charge on any atom is 0.346 e. The summed E-state index contributed by atoms with van der Waals surface area (Å²) in [6.07, 6.45) is 4.43. The van der Waals surface area contributed by atoms with Crippen molar-refractivity contribution < 1.29 is 18.3 Å². The Balaban J connectivity index is 2.38. The average molecular weight is 287 g/mol. The molecule has 0 atom stereocenters. The fourth-order valence-electron chi connectivity index (χ4n) is 1.76. The Morgan fingerprint density at radius 1 is 1.44 bits per heavy atom. The second-order valence-corrected chi connectivity index (χ2v) is 7.22. The third-order valence-corrected chi connectivity index (χ3v) is 6.24. The minimum Gasteiger partial charge on any atom is -0.477 e. The Bertz CT molecular complexity index is 601. The number of carboxylic acids is 1. The Labute approximate surface area is 109 Å². The van der Waals surface area contributed by atoms with Crippen LogP contribution in [0.15, 0.2) is 22.4 Å². The molecule has 0 spiro atoms. The van der Waals surface area contributed by atoms with Crippen molar-refractivity contribution in [1.29, 1.82) is 0 Å². The summed E-state index contributed by atoms with van der Waals surface area (Å²) >= 11 is 0.815. The van der Waals surface area contributed by atoms with Gasteiger partial charge in [-0.2, -0.15) is 4.31 Å². The van der Waals surface area contributed by atoms with Gasteiger partial charge in [0.25, 0.3) is 10.0 Å². The molecule has 0 aliphatic carbocycles. The fourth-order valence-corrected chi connectivity index (χ4v) is 4.70. The van der Waals surface area contributed by atoms with Crippen molar-refractivity contribution in [3.63, 3.8) is 0 Å². The number of nitrogens with zero attached hydrogens (tertiary/aromatic N) is 1. The Hall–Kier alpha value is -1.18. The van der Waals surface area contributed by atoms with Crippen LogP contribution in [-0.4, -0.2) is 36.9 Å². The first kappa shape index (κ1) is 13.3. The summed E-state index contributed by atoms with van der Waals surface area (Å²) in [5.74, 6) is -1.09. The number of rotatable bonds is 3. The van der Waals surface area contributed by atoms with E-state index in [-0.39, 0.29) is 9.09 Å². The van der Waals surface area contributed by atoms with Gasteiger partial charge in [-0.05, 0) is 25.0 Å². The predicted octanol–water partition coefficient (Wildman–Crippen LogP) is 1.71. The Kier molecular flexibility index (Phi) is 3.56. The minimum absolute atomic E-state index is 0.0844. The second-order valence-electron chi connectivity index (χ2n) is 4.01. The van der Waals surface area contributed by atoms with E-state index in [9.17, 15) is 13.2 Å². The van der Waals surface area contributed by atoms with Crippen LogP contribution < -0.4 is 0 Å². The minimum atomic E-state index is -3.56. The largest absolute Gasteiger partial charge is 0.477 e. The fraction of sp³-hybridized carbons (Fsp3) is 0.364. The van der Waals surface area contributed by atoms with Gasteiger partial charge in [0.1, 0.15) is 9.09 Å². The van der Waals surface area contributed by atoms with E-state index in [1.807, 2.05) is 6.08 Å². The van der Waals surface area contributed by atoms with E-state index in [2.05, 4.69) is 0 Å². The average Bonchev–Trinajstić information content (AvgIpc) is 2.73. The van der Waals surface area contributed by atoms with Crippen LogP contribution in [0.2, 0.25) is 0 Å². The zero-order chi connectivity index (χ0) is 13.3. The molecule has 0 saturated carbocycles. The van der Waals surface area contributed by atoms with Gasteiger partial charge in [0, 0.05) is 13.1 Å². The Morgan fingerprint density at radius 2 is 2.17 bits per heavy atom. The summed E-state index contributed by atoms with van der Waals surface area (Å²) in [5.41, 5.74) is 0.485. The molecule has 1 N–H and O–H groups in total. The van der Waals surface area contributed by atoms with Gasteiger partial charge < -0.3 is 5.11 Å². The van der Waals surface area contributed by atoms with Crippen molar-refractivity contribution >= 4 is 27.3 Å². The van der Waals surface area contributed by atoms with Crippen LogP contribution in [0.5, 0.6) is 0 Å². The van der Waals surface area contributed by atoms with E-state index in [0.29, 0.717) is 25.1 Å². The van der Waals surface area contributed by atoms with Crippen molar-refractivity contribution in [3.05, 3.63) is 28.7 Å². The topological polar surface area (TPSA) is 74.7 Å². The molecule has 0 aromatic carbocycles. The van der Waals surface area contributed by atoms with Crippen LogP contribution in [-0.2, 0) is 10.0 Å². The highest BCUT2D eigenvalue weighted by Crippen LogP contribution is 2.29. The zero-order valence-electron chi connectivity index (χ0n) is 9.79. The monoisotopic (exact) mass is 287 g/mol. The number of carbonyl (C=O) groups is 1. The van der Waals surface area contributed by atoms with Crippen LogP contribution in [0.4, 0.5) is 0 Å². The molecule has 7 heteroatoms. The number of hydrogen-bond donors (Lipinski definition) is 1.